The van der Waals surface area contributed by atoms with Crippen molar-refractivity contribution in [2.75, 3.05) is 19.5 Å². The van der Waals surface area contributed by atoms with Gasteiger partial charge in [-0.3, -0.25) is 4.79 Å². The summed E-state index contributed by atoms with van der Waals surface area (Å²) in [4.78, 5) is 15.5. The summed E-state index contributed by atoms with van der Waals surface area (Å²) >= 11 is 1.26. The maximum Gasteiger partial charge on any atom is 0.271 e. The summed E-state index contributed by atoms with van der Waals surface area (Å²) in [5, 5.41) is 4.87. The topological polar surface area (TPSA) is 77.2 Å². The predicted octanol–water partition coefficient (Wildman–Crippen LogP) is 0.880. The van der Waals surface area contributed by atoms with Crippen molar-refractivity contribution in [1.82, 2.24) is 10.3 Å². The number of aromatic nitrogens is 1. The van der Waals surface area contributed by atoms with Crippen molar-refractivity contribution in [1.29, 1.82) is 0 Å². The standard InChI is InChI=1S/C9H15N3O2S/c1-3-6(4-14-2)11-8(13)7-5-15-9(10)12-7/h5-6H,3-4H2,1-2H3,(H2,10,12)(H,11,13). The van der Waals surface area contributed by atoms with Gasteiger partial charge in [-0.25, -0.2) is 4.98 Å². The SMILES string of the molecule is CCC(COC)NC(=O)c1csc(N)n1. The molecule has 0 aliphatic heterocycles. The predicted molar refractivity (Wildman–Crippen MR) is 59.9 cm³/mol. The van der Waals surface area contributed by atoms with Crippen molar-refractivity contribution in [3.8, 4) is 0 Å². The summed E-state index contributed by atoms with van der Waals surface area (Å²) in [6, 6.07) is 0.0189. The average molecular weight is 229 g/mol. The molecule has 0 spiro atoms. The van der Waals surface area contributed by atoms with Crippen LogP contribution in [0.1, 0.15) is 23.8 Å². The van der Waals surface area contributed by atoms with E-state index in [-0.39, 0.29) is 11.9 Å². The Morgan fingerprint density at radius 2 is 2.53 bits per heavy atom. The Hall–Kier alpha value is -1.14. The van der Waals surface area contributed by atoms with Crippen LogP contribution in [0, 0.1) is 0 Å². The van der Waals surface area contributed by atoms with Crippen LogP contribution in [0.5, 0.6) is 0 Å². The molecule has 1 atom stereocenters. The summed E-state index contributed by atoms with van der Waals surface area (Å²) < 4.78 is 4.98. The zero-order valence-electron chi connectivity index (χ0n) is 8.82. The van der Waals surface area contributed by atoms with Crippen LogP contribution >= 0.6 is 11.3 Å². The Morgan fingerprint density at radius 3 is 3.00 bits per heavy atom. The summed E-state index contributed by atoms with van der Waals surface area (Å²) in [7, 11) is 1.61. The van der Waals surface area contributed by atoms with Crippen molar-refractivity contribution in [2.45, 2.75) is 19.4 Å². The normalized spacial score (nSPS) is 12.4. The van der Waals surface area contributed by atoms with Crippen molar-refractivity contribution in [2.24, 2.45) is 0 Å². The Bertz CT molecular complexity index is 327. The van der Waals surface area contributed by atoms with E-state index in [0.29, 0.717) is 17.4 Å². The van der Waals surface area contributed by atoms with E-state index in [0.717, 1.165) is 6.42 Å². The van der Waals surface area contributed by atoms with Crippen LogP contribution in [-0.2, 0) is 4.74 Å². The third-order valence-electron chi connectivity index (χ3n) is 1.95. The molecule has 0 aliphatic rings. The number of carbonyl (C=O) groups is 1. The van der Waals surface area contributed by atoms with Gasteiger partial charge in [0.2, 0.25) is 0 Å². The monoisotopic (exact) mass is 229 g/mol. The molecule has 5 nitrogen and oxygen atoms in total. The van der Waals surface area contributed by atoms with Crippen LogP contribution in [0.25, 0.3) is 0 Å². The zero-order chi connectivity index (χ0) is 11.3. The minimum atomic E-state index is -0.202. The lowest BCUT2D eigenvalue weighted by Crippen LogP contribution is -2.37. The van der Waals surface area contributed by atoms with Crippen molar-refractivity contribution < 1.29 is 9.53 Å². The van der Waals surface area contributed by atoms with E-state index in [2.05, 4.69) is 10.3 Å². The molecule has 1 aromatic rings. The van der Waals surface area contributed by atoms with Gasteiger partial charge in [0.25, 0.3) is 5.91 Å². The zero-order valence-corrected chi connectivity index (χ0v) is 9.63. The summed E-state index contributed by atoms with van der Waals surface area (Å²) in [6.07, 6.45) is 0.819. The fraction of sp³-hybridized carbons (Fsp3) is 0.556. The van der Waals surface area contributed by atoms with Crippen LogP contribution in [-0.4, -0.2) is 30.6 Å². The van der Waals surface area contributed by atoms with E-state index in [1.807, 2.05) is 6.92 Å². The molecule has 0 aromatic carbocycles. The van der Waals surface area contributed by atoms with Crippen LogP contribution in [0.3, 0.4) is 0 Å². The highest BCUT2D eigenvalue weighted by atomic mass is 32.1. The van der Waals surface area contributed by atoms with Crippen LogP contribution in [0.4, 0.5) is 5.13 Å². The molecule has 0 saturated heterocycles. The van der Waals surface area contributed by atoms with Gasteiger partial charge in [0.05, 0.1) is 12.6 Å². The molecule has 0 radical (unpaired) electrons. The molecule has 84 valence electrons. The first-order chi connectivity index (χ1) is 7.17. The first-order valence-electron chi connectivity index (χ1n) is 4.68. The van der Waals surface area contributed by atoms with Gasteiger partial charge in [0.15, 0.2) is 5.13 Å². The summed E-state index contributed by atoms with van der Waals surface area (Å²) in [5.74, 6) is -0.202. The second kappa shape index (κ2) is 5.67. The smallest absolute Gasteiger partial charge is 0.271 e. The number of anilines is 1. The van der Waals surface area contributed by atoms with Gasteiger partial charge in [-0.05, 0) is 6.42 Å². The number of nitrogens with one attached hydrogen (secondary N) is 1. The van der Waals surface area contributed by atoms with Crippen molar-refractivity contribution in [3.63, 3.8) is 0 Å². The molecule has 1 unspecified atom stereocenters. The number of rotatable bonds is 5. The number of methoxy groups -OCH3 is 1. The van der Waals surface area contributed by atoms with Crippen LogP contribution < -0.4 is 11.1 Å². The highest BCUT2D eigenvalue weighted by molar-refractivity contribution is 7.13. The number of thiazole rings is 1. The Morgan fingerprint density at radius 1 is 1.80 bits per heavy atom. The molecule has 0 aliphatic carbocycles. The van der Waals surface area contributed by atoms with Crippen LogP contribution in [0.2, 0.25) is 0 Å². The number of amides is 1. The van der Waals surface area contributed by atoms with Gasteiger partial charge in [0.1, 0.15) is 5.69 Å². The van der Waals surface area contributed by atoms with Gasteiger partial charge < -0.3 is 15.8 Å². The number of hydrogen-bond acceptors (Lipinski definition) is 5. The Kier molecular flexibility index (Phi) is 4.51. The second-order valence-corrected chi connectivity index (χ2v) is 3.99. The number of nitrogen functional groups attached to an aromatic ring is 1. The third kappa shape index (κ3) is 3.49. The van der Waals surface area contributed by atoms with E-state index in [1.54, 1.807) is 12.5 Å². The van der Waals surface area contributed by atoms with E-state index < -0.39 is 0 Å². The first-order valence-corrected chi connectivity index (χ1v) is 5.56. The Labute approximate surface area is 92.6 Å². The summed E-state index contributed by atoms with van der Waals surface area (Å²) in [5.41, 5.74) is 5.81. The number of nitrogens with zero attached hydrogens (tertiary/aromatic N) is 1. The highest BCUT2D eigenvalue weighted by Gasteiger charge is 2.14. The third-order valence-corrected chi connectivity index (χ3v) is 2.62. The molecule has 3 N–H and O–H groups in total. The number of hydrogen-bond donors (Lipinski definition) is 2. The van der Waals surface area contributed by atoms with E-state index in [4.69, 9.17) is 10.5 Å². The number of carbonyl (C=O) groups excluding carboxylic acids is 1. The van der Waals surface area contributed by atoms with Gasteiger partial charge in [-0.15, -0.1) is 11.3 Å². The fourth-order valence-electron chi connectivity index (χ4n) is 1.11. The first kappa shape index (κ1) is 11.9. The lowest BCUT2D eigenvalue weighted by molar-refractivity contribution is 0.0890. The van der Waals surface area contributed by atoms with Gasteiger partial charge in [-0.2, -0.15) is 0 Å². The van der Waals surface area contributed by atoms with E-state index >= 15 is 0 Å². The van der Waals surface area contributed by atoms with Gasteiger partial charge in [0, 0.05) is 12.5 Å². The van der Waals surface area contributed by atoms with E-state index in [1.165, 1.54) is 11.3 Å². The maximum absolute atomic E-state index is 11.6. The van der Waals surface area contributed by atoms with Gasteiger partial charge >= 0.3 is 0 Å². The number of ether oxygens (including phenoxy) is 1. The Balaban J connectivity index is 2.54. The van der Waals surface area contributed by atoms with Crippen LogP contribution in [0.15, 0.2) is 5.38 Å². The molecular formula is C9H15N3O2S. The lowest BCUT2D eigenvalue weighted by Gasteiger charge is -2.14. The molecule has 1 rings (SSSR count). The lowest BCUT2D eigenvalue weighted by atomic mass is 10.2. The quantitative estimate of drug-likeness (QED) is 0.785. The molecular weight excluding hydrogens is 214 g/mol. The molecule has 15 heavy (non-hydrogen) atoms. The van der Waals surface area contributed by atoms with Crippen molar-refractivity contribution in [3.05, 3.63) is 11.1 Å². The van der Waals surface area contributed by atoms with Crippen molar-refractivity contribution >= 4 is 22.4 Å². The van der Waals surface area contributed by atoms with E-state index in [9.17, 15) is 4.79 Å². The molecule has 6 heteroatoms. The minimum absolute atomic E-state index is 0.0189. The highest BCUT2D eigenvalue weighted by Crippen LogP contribution is 2.10. The molecule has 1 amide bonds. The second-order valence-electron chi connectivity index (χ2n) is 3.10. The maximum atomic E-state index is 11.6. The van der Waals surface area contributed by atoms with Gasteiger partial charge in [-0.1, -0.05) is 6.92 Å². The summed E-state index contributed by atoms with van der Waals surface area (Å²) in [6.45, 7) is 2.49. The fourth-order valence-corrected chi connectivity index (χ4v) is 1.66. The molecule has 1 aromatic heterocycles. The largest absolute Gasteiger partial charge is 0.383 e. The molecule has 0 bridgehead atoms. The minimum Gasteiger partial charge on any atom is -0.383 e. The molecule has 0 fully saturated rings. The average Bonchev–Trinajstić information content (AvgIpc) is 2.64. The molecule has 1 heterocycles. The number of nitrogens with two attached hydrogens (primary N) is 1. The molecule has 0 saturated carbocycles.